The number of aliphatic hydroxyl groups excluding tert-OH is 2. The lowest BCUT2D eigenvalue weighted by Crippen LogP contribution is -2.35. The van der Waals surface area contributed by atoms with E-state index in [9.17, 15) is 9.59 Å². The smallest absolute Gasteiger partial charge is 0.222 e. The average molecular weight is 678 g/mol. The van der Waals surface area contributed by atoms with Crippen LogP contribution < -0.4 is 14.2 Å². The van der Waals surface area contributed by atoms with Gasteiger partial charge < -0.3 is 29.3 Å². The second-order valence-electron chi connectivity index (χ2n) is 10.7. The molecule has 0 saturated heterocycles. The largest absolute Gasteiger partial charge is 0.494 e. The molecule has 0 aliphatic carbocycles. The lowest BCUT2D eigenvalue weighted by atomic mass is 10.0. The van der Waals surface area contributed by atoms with Crippen LogP contribution in [0.4, 0.5) is 4.39 Å². The van der Waals surface area contributed by atoms with E-state index in [-0.39, 0.29) is 86.1 Å². The van der Waals surface area contributed by atoms with E-state index in [2.05, 4.69) is 10.3 Å². The van der Waals surface area contributed by atoms with Crippen molar-refractivity contribution in [3.63, 3.8) is 0 Å². The molecule has 48 heavy (non-hydrogen) atoms. The zero-order valence-corrected chi connectivity index (χ0v) is 26.6. The molecule has 1 aromatic heterocycles. The van der Waals surface area contributed by atoms with Crippen molar-refractivity contribution in [2.75, 3.05) is 32.9 Å². The van der Waals surface area contributed by atoms with E-state index in [1.54, 1.807) is 60.7 Å². The minimum atomic E-state index is -0.483. The van der Waals surface area contributed by atoms with Gasteiger partial charge in [-0.2, -0.15) is 0 Å². The Bertz CT molecular complexity index is 1860. The Kier molecular flexibility index (Phi) is 11.9. The molecule has 0 saturated carbocycles. The highest BCUT2D eigenvalue weighted by atomic mass is 35.5. The van der Waals surface area contributed by atoms with Crippen LogP contribution >= 0.6 is 11.6 Å². The maximum atomic E-state index is 15.8. The van der Waals surface area contributed by atoms with Crippen molar-refractivity contribution >= 4 is 34.8 Å². The number of carbonyl (C=O) groups excluding carboxylic acids is 2. The van der Waals surface area contributed by atoms with Gasteiger partial charge in [-0.05, 0) is 58.2 Å². The number of amides is 1. The highest BCUT2D eigenvalue weighted by molar-refractivity contribution is 6.32. The summed E-state index contributed by atoms with van der Waals surface area (Å²) < 4.78 is 38.1. The fourth-order valence-electron chi connectivity index (χ4n) is 4.95. The van der Waals surface area contributed by atoms with E-state index in [1.807, 2.05) is 0 Å². The second-order valence-corrected chi connectivity index (χ2v) is 11.1. The van der Waals surface area contributed by atoms with Crippen LogP contribution in [0.25, 0.3) is 22.2 Å². The van der Waals surface area contributed by atoms with Gasteiger partial charge in [-0.15, -0.1) is 0 Å². The van der Waals surface area contributed by atoms with Crippen LogP contribution in [-0.4, -0.2) is 70.5 Å². The number of fused-ring (bicyclic) bond motifs is 1. The summed E-state index contributed by atoms with van der Waals surface area (Å²) in [5, 5.41) is 26.0. The molecule has 0 fully saturated rings. The summed E-state index contributed by atoms with van der Waals surface area (Å²) in [5.74, 6) is 0.299. The van der Waals surface area contributed by atoms with Crippen molar-refractivity contribution in [1.82, 2.24) is 15.2 Å². The molecule has 4 aromatic carbocycles. The van der Waals surface area contributed by atoms with Crippen molar-refractivity contribution in [2.45, 2.75) is 26.1 Å². The molecule has 1 amide bonds. The van der Waals surface area contributed by atoms with Crippen molar-refractivity contribution in [2.24, 2.45) is 0 Å². The average Bonchev–Trinajstić information content (AvgIpc) is 3.57. The van der Waals surface area contributed by atoms with Crippen molar-refractivity contribution in [3.8, 4) is 28.4 Å². The first-order chi connectivity index (χ1) is 23.4. The fourth-order valence-corrected chi connectivity index (χ4v) is 5.18. The topological polar surface area (TPSA) is 144 Å². The molecule has 0 bridgehead atoms. The Morgan fingerprint density at radius 3 is 2.46 bits per heavy atom. The van der Waals surface area contributed by atoms with Gasteiger partial charge in [0.25, 0.3) is 0 Å². The normalized spacial score (nSPS) is 11.0. The molecular formula is C35H33ClFN3O8. The van der Waals surface area contributed by atoms with Gasteiger partial charge in [-0.25, -0.2) is 9.02 Å². The van der Waals surface area contributed by atoms with E-state index in [0.29, 0.717) is 40.6 Å². The third kappa shape index (κ3) is 8.65. The number of hydrogen-bond donors (Lipinski definition) is 2. The number of aliphatic hydroxyl groups is 2. The highest BCUT2D eigenvalue weighted by Gasteiger charge is 2.16. The number of halogens is 2. The quantitative estimate of drug-likeness (QED) is 0.0939. The van der Waals surface area contributed by atoms with Gasteiger partial charge in [0.15, 0.2) is 6.29 Å². The predicted molar refractivity (Wildman–Crippen MR) is 175 cm³/mol. The van der Waals surface area contributed by atoms with Crippen LogP contribution in [0.15, 0.2) is 77.4 Å². The van der Waals surface area contributed by atoms with Crippen LogP contribution in [0.3, 0.4) is 0 Å². The summed E-state index contributed by atoms with van der Waals surface area (Å²) in [5.41, 5.74) is 3.38. The molecule has 1 heterocycles. The maximum Gasteiger partial charge on any atom is 0.222 e. The fraction of sp³-hybridized carbons (Fsp3) is 0.257. The Morgan fingerprint density at radius 1 is 0.896 bits per heavy atom. The predicted octanol–water partition coefficient (Wildman–Crippen LogP) is 5.63. The number of aldehydes is 1. The summed E-state index contributed by atoms with van der Waals surface area (Å²) in [6.07, 6.45) is 1.25. The van der Waals surface area contributed by atoms with Gasteiger partial charge in [0.05, 0.1) is 30.4 Å². The molecule has 2 N–H and O–H groups in total. The van der Waals surface area contributed by atoms with Crippen LogP contribution in [0.2, 0.25) is 5.02 Å². The second kappa shape index (κ2) is 16.7. The molecule has 0 radical (unpaired) electrons. The molecule has 5 aromatic rings. The first-order valence-electron chi connectivity index (χ1n) is 15.2. The van der Waals surface area contributed by atoms with Gasteiger partial charge in [0.1, 0.15) is 47.3 Å². The summed E-state index contributed by atoms with van der Waals surface area (Å²) >= 11 is 6.40. The van der Waals surface area contributed by atoms with Crippen molar-refractivity contribution < 1.29 is 43.0 Å². The molecule has 5 rings (SSSR count). The maximum absolute atomic E-state index is 15.8. The van der Waals surface area contributed by atoms with Crippen LogP contribution in [0.5, 0.6) is 17.2 Å². The Morgan fingerprint density at radius 2 is 1.67 bits per heavy atom. The van der Waals surface area contributed by atoms with Crippen LogP contribution in [0.1, 0.15) is 34.3 Å². The third-order valence-electron chi connectivity index (χ3n) is 7.41. The molecule has 13 heteroatoms. The van der Waals surface area contributed by atoms with Crippen molar-refractivity contribution in [3.05, 3.63) is 100 Å². The Hall–Kier alpha value is -5.04. The lowest BCUT2D eigenvalue weighted by Gasteiger charge is -2.20. The van der Waals surface area contributed by atoms with Crippen LogP contribution in [-0.2, 0) is 18.0 Å². The minimum Gasteiger partial charge on any atom is -0.494 e. The number of carbonyl (C=O) groups is 2. The SMILES string of the molecule is O=Cc1cc(Cl)c(OCc2cccc(-c3cccc(OCCCC(=O)N(CCO)CCO)c3)c2F)cc1OCc1ccc2nonc2c1. The number of rotatable bonds is 17. The number of nitrogens with zero attached hydrogens (tertiary/aromatic N) is 3. The number of hydrogen-bond acceptors (Lipinski definition) is 10. The standard InChI is InChI=1S/C35H33ClFN3O8/c36-29-18-26(20-43)32(46-21-23-9-10-30-31(16-23)39-48-38-30)19-33(29)47-22-25-5-2-7-28(35(25)37)24-4-1-6-27(17-24)45-15-3-8-34(44)40(11-13-41)12-14-42/h1-2,4-7,9-10,16-20,41-42H,3,8,11-15,21-22H2. The van der Waals surface area contributed by atoms with E-state index in [1.165, 1.54) is 17.0 Å². The molecule has 11 nitrogen and oxygen atoms in total. The minimum absolute atomic E-state index is 0.121. The van der Waals surface area contributed by atoms with Gasteiger partial charge >= 0.3 is 0 Å². The zero-order chi connectivity index (χ0) is 33.9. The number of ether oxygens (including phenoxy) is 3. The molecule has 0 aliphatic rings. The molecular weight excluding hydrogens is 645 g/mol. The number of aromatic nitrogens is 2. The van der Waals surface area contributed by atoms with Gasteiger partial charge in [0, 0.05) is 36.7 Å². The third-order valence-corrected chi connectivity index (χ3v) is 7.70. The van der Waals surface area contributed by atoms with Gasteiger partial charge in [0.2, 0.25) is 5.91 Å². The molecule has 0 atom stereocenters. The Balaban J connectivity index is 1.22. The monoisotopic (exact) mass is 677 g/mol. The van der Waals surface area contributed by atoms with E-state index in [0.717, 1.165) is 5.56 Å². The summed E-state index contributed by atoms with van der Waals surface area (Å²) in [6.45, 7) is 0.184. The van der Waals surface area contributed by atoms with Crippen LogP contribution in [0, 0.1) is 5.82 Å². The molecule has 0 unspecified atom stereocenters. The zero-order valence-electron chi connectivity index (χ0n) is 25.8. The van der Waals surface area contributed by atoms with E-state index < -0.39 is 5.82 Å². The molecule has 0 aliphatic heterocycles. The van der Waals surface area contributed by atoms with Crippen molar-refractivity contribution in [1.29, 1.82) is 0 Å². The molecule has 250 valence electrons. The Labute approximate surface area is 280 Å². The van der Waals surface area contributed by atoms with E-state index in [4.69, 9.17) is 40.7 Å². The molecule has 0 spiro atoms. The summed E-state index contributed by atoms with van der Waals surface area (Å²) in [7, 11) is 0. The summed E-state index contributed by atoms with van der Waals surface area (Å²) in [6, 6.07) is 20.2. The lowest BCUT2D eigenvalue weighted by molar-refractivity contribution is -0.132. The van der Waals surface area contributed by atoms with E-state index >= 15 is 4.39 Å². The first kappa shape index (κ1) is 34.3. The van der Waals surface area contributed by atoms with Gasteiger partial charge in [-0.1, -0.05) is 48.0 Å². The van der Waals surface area contributed by atoms with Gasteiger partial charge in [-0.3, -0.25) is 9.59 Å². The highest BCUT2D eigenvalue weighted by Crippen LogP contribution is 2.34. The first-order valence-corrected chi connectivity index (χ1v) is 15.5. The summed E-state index contributed by atoms with van der Waals surface area (Å²) in [4.78, 5) is 25.5. The number of benzene rings is 4.